The Morgan fingerprint density at radius 3 is 1.47 bits per heavy atom. The predicted molar refractivity (Wildman–Crippen MR) is 189 cm³/mol. The van der Waals surface area contributed by atoms with Crippen molar-refractivity contribution in [2.24, 2.45) is 0 Å². The van der Waals surface area contributed by atoms with E-state index < -0.39 is 5.41 Å². The van der Waals surface area contributed by atoms with Crippen molar-refractivity contribution in [2.75, 3.05) is 4.90 Å². The van der Waals surface area contributed by atoms with Gasteiger partial charge in [0.2, 0.25) is 0 Å². The Balaban J connectivity index is 1.34. The quantitative estimate of drug-likeness (QED) is 0.191. The second-order valence-electron chi connectivity index (χ2n) is 11.8. The van der Waals surface area contributed by atoms with Gasteiger partial charge in [-0.2, -0.15) is 0 Å². The van der Waals surface area contributed by atoms with Crippen LogP contribution in [0, 0.1) is 6.92 Å². The van der Waals surface area contributed by atoms with Crippen molar-refractivity contribution in [2.45, 2.75) is 12.3 Å². The largest absolute Gasteiger partial charge is 0.310 e. The fourth-order valence-corrected chi connectivity index (χ4v) is 7.15. The third kappa shape index (κ3) is 4.48. The molecule has 0 bridgehead atoms. The summed E-state index contributed by atoms with van der Waals surface area (Å²) in [6.07, 6.45) is 0. The molecule has 8 rings (SSSR count). The second kappa shape index (κ2) is 11.1. The molecule has 7 aromatic rings. The van der Waals surface area contributed by atoms with E-state index in [1.165, 1.54) is 50.1 Å². The average Bonchev–Trinajstić information content (AvgIpc) is 3.41. The first kappa shape index (κ1) is 26.9. The highest BCUT2D eigenvalue weighted by atomic mass is 15.1. The summed E-state index contributed by atoms with van der Waals surface area (Å²) < 4.78 is 0. The zero-order valence-electron chi connectivity index (χ0n) is 25.3. The summed E-state index contributed by atoms with van der Waals surface area (Å²) in [5.74, 6) is 0. The summed E-state index contributed by atoms with van der Waals surface area (Å²) >= 11 is 0. The molecule has 0 saturated carbocycles. The second-order valence-corrected chi connectivity index (χ2v) is 11.8. The summed E-state index contributed by atoms with van der Waals surface area (Å²) in [7, 11) is 0. The van der Waals surface area contributed by atoms with Gasteiger partial charge in [-0.1, -0.05) is 151 Å². The molecule has 0 amide bonds. The van der Waals surface area contributed by atoms with Crippen molar-refractivity contribution >= 4 is 17.1 Å². The van der Waals surface area contributed by atoms with Crippen molar-refractivity contribution in [3.8, 4) is 22.3 Å². The molecule has 0 aliphatic heterocycles. The number of nitrogens with zero attached hydrogens (tertiary/aromatic N) is 1. The molecule has 1 aliphatic rings. The van der Waals surface area contributed by atoms with Crippen LogP contribution in [0.4, 0.5) is 17.1 Å². The smallest absolute Gasteiger partial charge is 0.0713 e. The third-order valence-electron chi connectivity index (χ3n) is 9.22. The van der Waals surface area contributed by atoms with Crippen molar-refractivity contribution < 1.29 is 0 Å². The van der Waals surface area contributed by atoms with E-state index in [9.17, 15) is 0 Å². The first-order valence-corrected chi connectivity index (χ1v) is 15.6. The van der Waals surface area contributed by atoms with E-state index in [0.29, 0.717) is 0 Å². The molecule has 1 aliphatic carbocycles. The van der Waals surface area contributed by atoms with Crippen LogP contribution >= 0.6 is 0 Å². The predicted octanol–water partition coefficient (Wildman–Crippen LogP) is 11.5. The van der Waals surface area contributed by atoms with E-state index in [1.807, 2.05) is 0 Å². The Morgan fingerprint density at radius 1 is 0.378 bits per heavy atom. The van der Waals surface area contributed by atoms with Crippen LogP contribution in [0.2, 0.25) is 0 Å². The molecule has 214 valence electrons. The Kier molecular flexibility index (Phi) is 6.65. The summed E-state index contributed by atoms with van der Waals surface area (Å²) in [5, 5.41) is 0. The Bertz CT molecular complexity index is 2040. The van der Waals surface area contributed by atoms with Crippen molar-refractivity contribution in [1.29, 1.82) is 0 Å². The van der Waals surface area contributed by atoms with Gasteiger partial charge in [0.1, 0.15) is 0 Å². The maximum atomic E-state index is 2.40. The highest BCUT2D eigenvalue weighted by molar-refractivity contribution is 5.90. The molecule has 45 heavy (non-hydrogen) atoms. The molecule has 7 aromatic carbocycles. The fraction of sp³-hybridized carbons (Fsp3) is 0.0455. The lowest BCUT2D eigenvalue weighted by atomic mass is 9.68. The molecule has 0 radical (unpaired) electrons. The van der Waals surface area contributed by atoms with Gasteiger partial charge in [0.25, 0.3) is 0 Å². The van der Waals surface area contributed by atoms with Crippen molar-refractivity contribution in [3.63, 3.8) is 0 Å². The van der Waals surface area contributed by atoms with Crippen LogP contribution in [0.15, 0.2) is 182 Å². The number of hydrogen-bond acceptors (Lipinski definition) is 1. The number of benzene rings is 7. The number of hydrogen-bond donors (Lipinski definition) is 0. The van der Waals surface area contributed by atoms with Crippen LogP contribution in [0.1, 0.15) is 27.8 Å². The summed E-state index contributed by atoms with van der Waals surface area (Å²) in [6, 6.07) is 66.3. The molecule has 0 N–H and O–H groups in total. The molecule has 0 aromatic heterocycles. The zero-order chi connectivity index (χ0) is 30.2. The molecular weight excluding hydrogens is 542 g/mol. The van der Waals surface area contributed by atoms with Gasteiger partial charge >= 0.3 is 0 Å². The van der Waals surface area contributed by atoms with Gasteiger partial charge in [-0.05, 0) is 87.8 Å². The van der Waals surface area contributed by atoms with E-state index in [4.69, 9.17) is 0 Å². The van der Waals surface area contributed by atoms with Crippen molar-refractivity contribution in [1.82, 2.24) is 0 Å². The molecule has 0 atom stereocenters. The minimum Gasteiger partial charge on any atom is -0.310 e. The number of fused-ring (bicyclic) bond motifs is 3. The summed E-state index contributed by atoms with van der Waals surface area (Å²) in [6.45, 7) is 2.14. The van der Waals surface area contributed by atoms with E-state index in [2.05, 4.69) is 194 Å². The van der Waals surface area contributed by atoms with E-state index >= 15 is 0 Å². The van der Waals surface area contributed by atoms with Crippen LogP contribution < -0.4 is 4.90 Å². The third-order valence-corrected chi connectivity index (χ3v) is 9.22. The maximum absolute atomic E-state index is 2.40. The lowest BCUT2D eigenvalue weighted by Crippen LogP contribution is -2.28. The van der Waals surface area contributed by atoms with Gasteiger partial charge in [-0.3, -0.25) is 0 Å². The molecule has 0 unspecified atom stereocenters. The van der Waals surface area contributed by atoms with Crippen LogP contribution in [0.3, 0.4) is 0 Å². The minimum absolute atomic E-state index is 0.404. The van der Waals surface area contributed by atoms with E-state index in [0.717, 1.165) is 17.1 Å². The van der Waals surface area contributed by atoms with Gasteiger partial charge in [0.15, 0.2) is 0 Å². The Labute approximate surface area is 265 Å². The number of anilines is 3. The zero-order valence-corrected chi connectivity index (χ0v) is 25.3. The fourth-order valence-electron chi connectivity index (χ4n) is 7.15. The molecule has 1 heteroatoms. The maximum Gasteiger partial charge on any atom is 0.0713 e. The molecular formula is C44H33N. The highest BCUT2D eigenvalue weighted by Crippen LogP contribution is 2.57. The van der Waals surface area contributed by atoms with Gasteiger partial charge in [-0.15, -0.1) is 0 Å². The molecule has 1 nitrogen and oxygen atoms in total. The average molecular weight is 576 g/mol. The van der Waals surface area contributed by atoms with Gasteiger partial charge in [0, 0.05) is 17.1 Å². The van der Waals surface area contributed by atoms with Crippen LogP contribution in [0.5, 0.6) is 0 Å². The number of rotatable bonds is 6. The van der Waals surface area contributed by atoms with Gasteiger partial charge in [0.05, 0.1) is 5.41 Å². The SMILES string of the molecule is Cc1ccc(N(c2ccc(-c3ccccc3)cc2)c2ccc3c(c2)-c2ccccc2C3(c2ccccc2)c2ccccc2)cc1. The first-order chi connectivity index (χ1) is 22.2. The number of aryl methyl sites for hydroxylation is 1. The van der Waals surface area contributed by atoms with Gasteiger partial charge in [-0.25, -0.2) is 0 Å². The molecule has 0 heterocycles. The summed E-state index contributed by atoms with van der Waals surface area (Å²) in [4.78, 5) is 2.38. The molecule has 0 spiro atoms. The minimum atomic E-state index is -0.404. The lowest BCUT2D eigenvalue weighted by molar-refractivity contribution is 0.768. The van der Waals surface area contributed by atoms with Gasteiger partial charge < -0.3 is 4.90 Å². The monoisotopic (exact) mass is 575 g/mol. The Morgan fingerprint density at radius 2 is 0.844 bits per heavy atom. The van der Waals surface area contributed by atoms with E-state index in [-0.39, 0.29) is 0 Å². The Hall–Kier alpha value is -5.66. The lowest BCUT2D eigenvalue weighted by Gasteiger charge is -2.34. The van der Waals surface area contributed by atoms with Crippen LogP contribution in [-0.4, -0.2) is 0 Å². The summed E-state index contributed by atoms with van der Waals surface area (Å²) in [5.41, 5.74) is 14.4. The van der Waals surface area contributed by atoms with Crippen molar-refractivity contribution in [3.05, 3.63) is 210 Å². The van der Waals surface area contributed by atoms with Crippen LogP contribution in [0.25, 0.3) is 22.3 Å². The normalized spacial score (nSPS) is 12.7. The van der Waals surface area contributed by atoms with E-state index in [1.54, 1.807) is 0 Å². The molecule has 0 fully saturated rings. The highest BCUT2D eigenvalue weighted by Gasteiger charge is 2.46. The first-order valence-electron chi connectivity index (χ1n) is 15.6. The standard InChI is InChI=1S/C44H33N/c1-32-21-25-37(26-22-32)45(38-27-23-34(24-28-38)33-13-5-2-6-14-33)39-29-30-43-41(31-39)40-19-11-12-20-42(40)44(43,35-15-7-3-8-16-35)36-17-9-4-10-18-36/h2-31H,1H3. The topological polar surface area (TPSA) is 3.24 Å². The molecule has 0 saturated heterocycles. The van der Waals surface area contributed by atoms with Crippen LogP contribution in [-0.2, 0) is 5.41 Å².